The van der Waals surface area contributed by atoms with Gasteiger partial charge in [-0.3, -0.25) is 4.79 Å². The van der Waals surface area contributed by atoms with Gasteiger partial charge in [0.1, 0.15) is 6.61 Å². The molecular formula is C18H23NO4. The van der Waals surface area contributed by atoms with E-state index in [-0.39, 0.29) is 30.6 Å². The molecule has 2 bridgehead atoms. The number of hydrogen-bond donors (Lipinski definition) is 1. The molecule has 0 aromatic heterocycles. The smallest absolute Gasteiger partial charge is 0.410 e. The van der Waals surface area contributed by atoms with Crippen molar-refractivity contribution >= 4 is 12.1 Å². The van der Waals surface area contributed by atoms with Gasteiger partial charge in [-0.05, 0) is 43.1 Å². The Labute approximate surface area is 136 Å². The van der Waals surface area contributed by atoms with Gasteiger partial charge >= 0.3 is 12.1 Å². The molecular weight excluding hydrogens is 294 g/mol. The monoisotopic (exact) mass is 317 g/mol. The molecule has 0 atom stereocenters. The highest BCUT2D eigenvalue weighted by molar-refractivity contribution is 5.69. The highest BCUT2D eigenvalue weighted by Gasteiger charge is 2.46. The summed E-state index contributed by atoms with van der Waals surface area (Å²) in [6, 6.07) is 9.90. The van der Waals surface area contributed by atoms with Crippen LogP contribution < -0.4 is 0 Å². The standard InChI is InChI=1S/C18H23NO4/c20-16(21)8-11-18-9-6-15(7-10-18)19(13-18)17(22)23-12-14-4-2-1-3-5-14/h1-5,15H,6-13H2,(H,20,21). The molecule has 1 saturated carbocycles. The third-order valence-electron chi connectivity index (χ3n) is 5.27. The third-order valence-corrected chi connectivity index (χ3v) is 5.27. The molecule has 5 heteroatoms. The van der Waals surface area contributed by atoms with Crippen LogP contribution in [0.2, 0.25) is 0 Å². The van der Waals surface area contributed by atoms with Crippen molar-refractivity contribution in [2.24, 2.45) is 5.41 Å². The zero-order valence-electron chi connectivity index (χ0n) is 13.2. The van der Waals surface area contributed by atoms with Crippen LogP contribution in [-0.4, -0.2) is 34.7 Å². The number of nitrogens with zero attached hydrogens (tertiary/aromatic N) is 1. The molecule has 5 nitrogen and oxygen atoms in total. The summed E-state index contributed by atoms with van der Waals surface area (Å²) in [5, 5.41) is 8.95. The van der Waals surface area contributed by atoms with Gasteiger partial charge in [-0.25, -0.2) is 4.79 Å². The predicted octanol–water partition coefficient (Wildman–Crippen LogP) is 3.43. The van der Waals surface area contributed by atoms with Crippen LogP contribution in [0.15, 0.2) is 30.3 Å². The van der Waals surface area contributed by atoms with Crippen molar-refractivity contribution in [3.05, 3.63) is 35.9 Å². The summed E-state index contributed by atoms with van der Waals surface area (Å²) in [6.07, 6.45) is 4.52. The van der Waals surface area contributed by atoms with Crippen LogP contribution in [0.25, 0.3) is 0 Å². The summed E-state index contributed by atoms with van der Waals surface area (Å²) in [5.41, 5.74) is 0.947. The van der Waals surface area contributed by atoms with Crippen molar-refractivity contribution in [2.45, 2.75) is 51.2 Å². The number of piperidine rings is 2. The van der Waals surface area contributed by atoms with E-state index in [1.54, 1.807) is 0 Å². The van der Waals surface area contributed by atoms with Crippen LogP contribution in [0.1, 0.15) is 44.1 Å². The highest BCUT2D eigenvalue weighted by atomic mass is 16.6. The van der Waals surface area contributed by atoms with E-state index in [0.29, 0.717) is 13.0 Å². The number of carboxylic acid groups (broad SMARTS) is 1. The normalized spacial score (nSPS) is 26.1. The minimum Gasteiger partial charge on any atom is -0.481 e. The first-order valence-electron chi connectivity index (χ1n) is 8.27. The Morgan fingerprint density at radius 3 is 2.57 bits per heavy atom. The van der Waals surface area contributed by atoms with Crippen molar-refractivity contribution in [1.29, 1.82) is 0 Å². The van der Waals surface area contributed by atoms with E-state index in [4.69, 9.17) is 9.84 Å². The molecule has 2 saturated heterocycles. The predicted molar refractivity (Wildman–Crippen MR) is 84.9 cm³/mol. The lowest BCUT2D eigenvalue weighted by molar-refractivity contribution is -0.138. The van der Waals surface area contributed by atoms with Crippen LogP contribution in [0.4, 0.5) is 4.79 Å². The summed E-state index contributed by atoms with van der Waals surface area (Å²) in [5.74, 6) is -0.759. The first-order valence-corrected chi connectivity index (χ1v) is 8.27. The van der Waals surface area contributed by atoms with E-state index in [1.165, 1.54) is 0 Å². The maximum atomic E-state index is 12.4. The first-order chi connectivity index (χ1) is 11.1. The SMILES string of the molecule is O=C(O)CCC12CCC(CC1)N(C(=O)OCc1ccccc1)C2. The second-order valence-corrected chi connectivity index (χ2v) is 6.79. The Hall–Kier alpha value is -2.04. The Morgan fingerprint density at radius 1 is 1.22 bits per heavy atom. The van der Waals surface area contributed by atoms with E-state index >= 15 is 0 Å². The molecule has 1 N–H and O–H groups in total. The molecule has 0 unspecified atom stereocenters. The molecule has 2 heterocycles. The average Bonchev–Trinajstić information content (AvgIpc) is 2.60. The van der Waals surface area contributed by atoms with Gasteiger partial charge in [-0.2, -0.15) is 0 Å². The van der Waals surface area contributed by atoms with Gasteiger partial charge in [0, 0.05) is 19.0 Å². The number of benzene rings is 1. The maximum absolute atomic E-state index is 12.4. The molecule has 2 aliphatic heterocycles. The van der Waals surface area contributed by atoms with Crippen LogP contribution >= 0.6 is 0 Å². The molecule has 3 aliphatic rings. The van der Waals surface area contributed by atoms with Crippen LogP contribution in [0, 0.1) is 5.41 Å². The number of aliphatic carboxylic acids is 1. The third kappa shape index (κ3) is 3.66. The number of carboxylic acids is 1. The molecule has 0 radical (unpaired) electrons. The quantitative estimate of drug-likeness (QED) is 0.903. The topological polar surface area (TPSA) is 66.8 Å². The summed E-state index contributed by atoms with van der Waals surface area (Å²) in [7, 11) is 0. The van der Waals surface area contributed by atoms with E-state index in [1.807, 2.05) is 35.2 Å². The highest BCUT2D eigenvalue weighted by Crippen LogP contribution is 2.47. The Kier molecular flexibility index (Phi) is 4.55. The zero-order chi connectivity index (χ0) is 16.3. The van der Waals surface area contributed by atoms with Crippen LogP contribution in [0.5, 0.6) is 0 Å². The van der Waals surface area contributed by atoms with Crippen molar-refractivity contribution < 1.29 is 19.4 Å². The lowest BCUT2D eigenvalue weighted by Gasteiger charge is -2.52. The Balaban J connectivity index is 1.59. The van der Waals surface area contributed by atoms with Gasteiger partial charge < -0.3 is 14.7 Å². The van der Waals surface area contributed by atoms with Crippen molar-refractivity contribution in [2.75, 3.05) is 6.54 Å². The average molecular weight is 317 g/mol. The summed E-state index contributed by atoms with van der Waals surface area (Å²) in [4.78, 5) is 25.1. The fourth-order valence-electron chi connectivity index (χ4n) is 3.89. The van der Waals surface area contributed by atoms with Crippen LogP contribution in [0.3, 0.4) is 0 Å². The van der Waals surface area contributed by atoms with Crippen molar-refractivity contribution in [3.8, 4) is 0 Å². The van der Waals surface area contributed by atoms with Gasteiger partial charge in [0.25, 0.3) is 0 Å². The second-order valence-electron chi connectivity index (χ2n) is 6.79. The molecule has 4 rings (SSSR count). The number of rotatable bonds is 5. The van der Waals surface area contributed by atoms with Gasteiger partial charge in [-0.15, -0.1) is 0 Å². The number of fused-ring (bicyclic) bond motifs is 3. The summed E-state index contributed by atoms with van der Waals surface area (Å²) < 4.78 is 5.46. The fourth-order valence-corrected chi connectivity index (χ4v) is 3.89. The summed E-state index contributed by atoms with van der Waals surface area (Å²) >= 11 is 0. The summed E-state index contributed by atoms with van der Waals surface area (Å²) in [6.45, 7) is 0.920. The number of carbonyl (C=O) groups excluding carboxylic acids is 1. The van der Waals surface area contributed by atoms with Gasteiger partial charge in [0.15, 0.2) is 0 Å². The minimum atomic E-state index is -0.759. The maximum Gasteiger partial charge on any atom is 0.410 e. The van der Waals surface area contributed by atoms with Crippen molar-refractivity contribution in [1.82, 2.24) is 4.90 Å². The molecule has 1 aromatic rings. The Bertz CT molecular complexity index is 564. The molecule has 1 aromatic carbocycles. The number of carbonyl (C=O) groups is 2. The second kappa shape index (κ2) is 6.60. The molecule has 1 amide bonds. The Morgan fingerprint density at radius 2 is 1.91 bits per heavy atom. The van der Waals surface area contributed by atoms with E-state index in [9.17, 15) is 9.59 Å². The van der Waals surface area contributed by atoms with Gasteiger partial charge in [-0.1, -0.05) is 30.3 Å². The lowest BCUT2D eigenvalue weighted by atomic mass is 9.65. The fraction of sp³-hybridized carbons (Fsp3) is 0.556. The van der Waals surface area contributed by atoms with E-state index in [0.717, 1.165) is 31.2 Å². The van der Waals surface area contributed by atoms with Crippen LogP contribution in [-0.2, 0) is 16.1 Å². The van der Waals surface area contributed by atoms with E-state index < -0.39 is 5.97 Å². The van der Waals surface area contributed by atoms with E-state index in [2.05, 4.69) is 0 Å². The molecule has 3 fully saturated rings. The van der Waals surface area contributed by atoms with Gasteiger partial charge in [0.2, 0.25) is 0 Å². The number of hydrogen-bond acceptors (Lipinski definition) is 3. The minimum absolute atomic E-state index is 0.0289. The van der Waals surface area contributed by atoms with Crippen molar-refractivity contribution in [3.63, 3.8) is 0 Å². The largest absolute Gasteiger partial charge is 0.481 e. The lowest BCUT2D eigenvalue weighted by Crippen LogP contribution is -2.56. The molecule has 124 valence electrons. The molecule has 23 heavy (non-hydrogen) atoms. The number of amides is 1. The number of ether oxygens (including phenoxy) is 1. The van der Waals surface area contributed by atoms with Gasteiger partial charge in [0.05, 0.1) is 0 Å². The zero-order valence-corrected chi connectivity index (χ0v) is 13.2. The molecule has 1 aliphatic carbocycles. The molecule has 0 spiro atoms. The first kappa shape index (κ1) is 15.8.